The Kier molecular flexibility index (Phi) is 7.65. The maximum atomic E-state index is 5.92. The summed E-state index contributed by atoms with van der Waals surface area (Å²) in [5.41, 5.74) is 5.93. The first-order valence-corrected chi connectivity index (χ1v) is 4.27. The van der Waals surface area contributed by atoms with Gasteiger partial charge in [0.05, 0.1) is 0 Å². The van der Waals surface area contributed by atoms with E-state index in [0.717, 1.165) is 0 Å². The van der Waals surface area contributed by atoms with E-state index >= 15 is 0 Å². The molecule has 1 nitrogen and oxygen atoms in total. The molecule has 0 aliphatic carbocycles. The molecule has 0 aromatic heterocycles. The number of rotatable bonds is 4. The van der Waals surface area contributed by atoms with Crippen LogP contribution in [0.5, 0.6) is 0 Å². The lowest BCUT2D eigenvalue weighted by Gasteiger charge is -2.26. The van der Waals surface area contributed by atoms with E-state index in [0.29, 0.717) is 5.92 Å². The minimum atomic E-state index is 0. The molecule has 2 heteroatoms. The van der Waals surface area contributed by atoms with Crippen LogP contribution in [-0.4, -0.2) is 5.54 Å². The van der Waals surface area contributed by atoms with Gasteiger partial charge in [0.2, 0.25) is 0 Å². The van der Waals surface area contributed by atoms with Crippen molar-refractivity contribution in [3.05, 3.63) is 0 Å². The fourth-order valence-electron chi connectivity index (χ4n) is 0.882. The minimum absolute atomic E-state index is 0. The third-order valence-corrected chi connectivity index (χ3v) is 2.26. The summed E-state index contributed by atoms with van der Waals surface area (Å²) in [7, 11) is 0. The molecule has 70 valence electrons. The van der Waals surface area contributed by atoms with Crippen LogP contribution in [0, 0.1) is 5.92 Å². The Labute approximate surface area is 81.5 Å². The highest BCUT2D eigenvalue weighted by atomic mass is 79.9. The van der Waals surface area contributed by atoms with Crippen LogP contribution in [-0.2, 0) is 0 Å². The van der Waals surface area contributed by atoms with Crippen molar-refractivity contribution < 1.29 is 0 Å². The average Bonchev–Trinajstić information content (AvgIpc) is 1.80. The van der Waals surface area contributed by atoms with Crippen molar-refractivity contribution in [1.29, 1.82) is 0 Å². The summed E-state index contributed by atoms with van der Waals surface area (Å²) in [6.45, 7) is 8.66. The molecule has 2 N–H and O–H groups in total. The van der Waals surface area contributed by atoms with Gasteiger partial charge in [-0.25, -0.2) is 0 Å². The number of hydrogen-bond acceptors (Lipinski definition) is 1. The van der Waals surface area contributed by atoms with Gasteiger partial charge in [0.15, 0.2) is 0 Å². The lowest BCUT2D eigenvalue weighted by molar-refractivity contribution is 0.319. The Balaban J connectivity index is 0. The Morgan fingerprint density at radius 1 is 1.36 bits per heavy atom. The van der Waals surface area contributed by atoms with Crippen molar-refractivity contribution in [2.75, 3.05) is 0 Å². The molecule has 0 heterocycles. The van der Waals surface area contributed by atoms with Crippen molar-refractivity contribution >= 4 is 17.0 Å². The maximum absolute atomic E-state index is 5.92. The normalized spacial score (nSPS) is 13.9. The lowest BCUT2D eigenvalue weighted by atomic mass is 9.86. The SMILES string of the molecule is Br.CCCCC(C)C(C)(C)N. The summed E-state index contributed by atoms with van der Waals surface area (Å²) in [6.07, 6.45) is 3.85. The van der Waals surface area contributed by atoms with Gasteiger partial charge in [0.25, 0.3) is 0 Å². The number of halogens is 1. The smallest absolute Gasteiger partial charge is 0.0123 e. The molecule has 1 atom stereocenters. The molecule has 0 saturated carbocycles. The summed E-state index contributed by atoms with van der Waals surface area (Å²) in [5, 5.41) is 0. The molecular weight excluding hydrogens is 202 g/mol. The summed E-state index contributed by atoms with van der Waals surface area (Å²) < 4.78 is 0. The summed E-state index contributed by atoms with van der Waals surface area (Å²) in [5.74, 6) is 0.646. The highest BCUT2D eigenvalue weighted by Crippen LogP contribution is 2.18. The zero-order valence-corrected chi connectivity index (χ0v) is 9.90. The van der Waals surface area contributed by atoms with Gasteiger partial charge in [0.1, 0.15) is 0 Å². The van der Waals surface area contributed by atoms with Gasteiger partial charge in [-0.2, -0.15) is 0 Å². The van der Waals surface area contributed by atoms with Gasteiger partial charge in [-0.1, -0.05) is 26.7 Å². The van der Waals surface area contributed by atoms with Gasteiger partial charge in [-0.3, -0.25) is 0 Å². The van der Waals surface area contributed by atoms with Crippen LogP contribution in [0.25, 0.3) is 0 Å². The molecule has 0 bridgehead atoms. The monoisotopic (exact) mass is 223 g/mol. The van der Waals surface area contributed by atoms with Crippen LogP contribution < -0.4 is 5.73 Å². The van der Waals surface area contributed by atoms with Crippen LogP contribution in [0.4, 0.5) is 0 Å². The van der Waals surface area contributed by atoms with Crippen LogP contribution in [0.15, 0.2) is 0 Å². The molecule has 0 aromatic rings. The Morgan fingerprint density at radius 2 is 1.82 bits per heavy atom. The van der Waals surface area contributed by atoms with Gasteiger partial charge in [-0.15, -0.1) is 17.0 Å². The standard InChI is InChI=1S/C9H21N.BrH/c1-5-6-7-8(2)9(3,4)10;/h8H,5-7,10H2,1-4H3;1H. The molecule has 11 heavy (non-hydrogen) atoms. The van der Waals surface area contributed by atoms with Crippen molar-refractivity contribution in [1.82, 2.24) is 0 Å². The molecule has 0 fully saturated rings. The summed E-state index contributed by atoms with van der Waals surface area (Å²) in [6, 6.07) is 0. The number of hydrogen-bond donors (Lipinski definition) is 1. The van der Waals surface area contributed by atoms with Crippen LogP contribution in [0.2, 0.25) is 0 Å². The third kappa shape index (κ3) is 6.82. The van der Waals surface area contributed by atoms with Crippen LogP contribution in [0.1, 0.15) is 47.0 Å². The molecular formula is C9H22BrN. The van der Waals surface area contributed by atoms with E-state index in [2.05, 4.69) is 27.7 Å². The second kappa shape index (κ2) is 6.01. The highest BCUT2D eigenvalue weighted by molar-refractivity contribution is 8.93. The van der Waals surface area contributed by atoms with E-state index < -0.39 is 0 Å². The molecule has 0 amide bonds. The van der Waals surface area contributed by atoms with Crippen molar-refractivity contribution in [2.45, 2.75) is 52.5 Å². The average molecular weight is 224 g/mol. The Bertz CT molecular complexity index is 86.1. The predicted octanol–water partition coefficient (Wildman–Crippen LogP) is 3.13. The number of unbranched alkanes of at least 4 members (excludes halogenated alkanes) is 1. The fraction of sp³-hybridized carbons (Fsp3) is 1.00. The van der Waals surface area contributed by atoms with Gasteiger partial charge >= 0.3 is 0 Å². The van der Waals surface area contributed by atoms with Gasteiger partial charge < -0.3 is 5.73 Å². The largest absolute Gasteiger partial charge is 0.325 e. The van der Waals surface area contributed by atoms with Crippen molar-refractivity contribution in [3.8, 4) is 0 Å². The summed E-state index contributed by atoms with van der Waals surface area (Å²) >= 11 is 0. The molecule has 0 rings (SSSR count). The van der Waals surface area contributed by atoms with Crippen molar-refractivity contribution in [2.24, 2.45) is 11.7 Å². The van der Waals surface area contributed by atoms with Crippen molar-refractivity contribution in [3.63, 3.8) is 0 Å². The molecule has 0 spiro atoms. The molecule has 0 saturated heterocycles. The second-order valence-corrected chi connectivity index (χ2v) is 3.86. The molecule has 1 unspecified atom stereocenters. The molecule has 0 aliphatic heterocycles. The van der Waals surface area contributed by atoms with E-state index in [4.69, 9.17) is 5.73 Å². The molecule has 0 radical (unpaired) electrons. The minimum Gasteiger partial charge on any atom is -0.325 e. The van der Waals surface area contributed by atoms with E-state index in [-0.39, 0.29) is 22.5 Å². The topological polar surface area (TPSA) is 26.0 Å². The lowest BCUT2D eigenvalue weighted by Crippen LogP contribution is -2.39. The second-order valence-electron chi connectivity index (χ2n) is 3.86. The van der Waals surface area contributed by atoms with E-state index in [9.17, 15) is 0 Å². The Morgan fingerprint density at radius 3 is 2.09 bits per heavy atom. The first kappa shape index (κ1) is 14.0. The first-order chi connectivity index (χ1) is 4.48. The third-order valence-electron chi connectivity index (χ3n) is 2.26. The summed E-state index contributed by atoms with van der Waals surface area (Å²) in [4.78, 5) is 0. The first-order valence-electron chi connectivity index (χ1n) is 4.27. The fourth-order valence-corrected chi connectivity index (χ4v) is 0.882. The van der Waals surface area contributed by atoms with Crippen LogP contribution >= 0.6 is 17.0 Å². The van der Waals surface area contributed by atoms with E-state index in [1.807, 2.05) is 0 Å². The van der Waals surface area contributed by atoms with E-state index in [1.165, 1.54) is 19.3 Å². The van der Waals surface area contributed by atoms with E-state index in [1.54, 1.807) is 0 Å². The molecule has 0 aliphatic rings. The number of nitrogens with two attached hydrogens (primary N) is 1. The van der Waals surface area contributed by atoms with Crippen LogP contribution in [0.3, 0.4) is 0 Å². The molecule has 0 aromatic carbocycles. The van der Waals surface area contributed by atoms with Gasteiger partial charge in [0, 0.05) is 5.54 Å². The highest BCUT2D eigenvalue weighted by Gasteiger charge is 2.18. The zero-order valence-electron chi connectivity index (χ0n) is 8.18. The zero-order chi connectivity index (χ0) is 8.20. The maximum Gasteiger partial charge on any atom is 0.0123 e. The Hall–Kier alpha value is 0.440. The predicted molar refractivity (Wildman–Crippen MR) is 57.3 cm³/mol. The quantitative estimate of drug-likeness (QED) is 0.780. The van der Waals surface area contributed by atoms with Gasteiger partial charge in [-0.05, 0) is 26.2 Å².